The van der Waals surface area contributed by atoms with Crippen molar-refractivity contribution in [3.8, 4) is 5.75 Å². The van der Waals surface area contributed by atoms with Crippen LogP contribution >= 0.6 is 0 Å². The zero-order chi connectivity index (χ0) is 29.0. The molecule has 1 saturated carbocycles. The standard InChI is InChI=1S/C32H48N6O2/c1-9-28-30(38(26-14-12-11-13-15-26)21-32(5,10-2)22(3)37(28)7)34-23(4)33-27-17-16-24(18-29(27)40-8)31(39)35-25-19-36(6)20-25/h9,16-18,25-26,33H,3-4,10-15,19-21H2,1-2,5-8H3,(H,35,39)/b28-9+,34-30+. The Bertz CT molecular complexity index is 1180. The third-order valence-corrected chi connectivity index (χ3v) is 8.94. The maximum absolute atomic E-state index is 12.8. The molecule has 2 heterocycles. The lowest BCUT2D eigenvalue weighted by Crippen LogP contribution is -2.57. The summed E-state index contributed by atoms with van der Waals surface area (Å²) in [7, 11) is 5.75. The van der Waals surface area contributed by atoms with Crippen LogP contribution in [0.15, 0.2) is 59.6 Å². The zero-order valence-electron chi connectivity index (χ0n) is 25.3. The normalized spacial score (nSPS) is 25.1. The second-order valence-electron chi connectivity index (χ2n) is 11.8. The number of carbonyl (C=O) groups excluding carboxylic acids is 1. The van der Waals surface area contributed by atoms with Crippen LogP contribution in [-0.4, -0.2) is 79.4 Å². The van der Waals surface area contributed by atoms with E-state index in [1.165, 1.54) is 32.1 Å². The molecule has 0 spiro atoms. The number of anilines is 1. The Labute approximate surface area is 240 Å². The Morgan fingerprint density at radius 3 is 2.52 bits per heavy atom. The maximum Gasteiger partial charge on any atom is 0.251 e. The van der Waals surface area contributed by atoms with Crippen molar-refractivity contribution >= 4 is 17.4 Å². The molecule has 0 bridgehead atoms. The molecule has 1 amide bonds. The van der Waals surface area contributed by atoms with E-state index in [2.05, 4.69) is 72.4 Å². The first-order valence-corrected chi connectivity index (χ1v) is 14.7. The van der Waals surface area contributed by atoms with Gasteiger partial charge in [0, 0.05) is 49.4 Å². The van der Waals surface area contributed by atoms with E-state index in [1.54, 1.807) is 13.2 Å². The van der Waals surface area contributed by atoms with Crippen LogP contribution in [-0.2, 0) is 0 Å². The second kappa shape index (κ2) is 12.5. The molecule has 1 atom stereocenters. The number of nitrogens with zero attached hydrogens (tertiary/aromatic N) is 4. The van der Waals surface area contributed by atoms with E-state index in [4.69, 9.17) is 9.73 Å². The summed E-state index contributed by atoms with van der Waals surface area (Å²) in [5.41, 5.74) is 3.36. The van der Waals surface area contributed by atoms with Crippen LogP contribution in [0.4, 0.5) is 5.69 Å². The van der Waals surface area contributed by atoms with Crippen LogP contribution in [0.2, 0.25) is 0 Å². The Kier molecular flexibility index (Phi) is 9.29. The predicted octanol–water partition coefficient (Wildman–Crippen LogP) is 5.43. The number of benzene rings is 1. The van der Waals surface area contributed by atoms with Crippen molar-refractivity contribution in [3.63, 3.8) is 0 Å². The van der Waals surface area contributed by atoms with E-state index in [1.807, 2.05) is 19.2 Å². The molecule has 0 radical (unpaired) electrons. The average molecular weight is 549 g/mol. The van der Waals surface area contributed by atoms with E-state index in [-0.39, 0.29) is 17.4 Å². The maximum atomic E-state index is 12.8. The Hall–Kier alpha value is -3.26. The molecule has 1 aromatic rings. The van der Waals surface area contributed by atoms with Crippen LogP contribution in [0.3, 0.4) is 0 Å². The number of methoxy groups -OCH3 is 1. The van der Waals surface area contributed by atoms with Gasteiger partial charge >= 0.3 is 0 Å². The SMILES string of the molecule is C=C(/N=C1\C(=C/C)N(C)C(=C)C(C)(CC)CN1C1CCCCC1)Nc1ccc(C(=O)NC2CN(C)C2)cc1OC. The summed E-state index contributed by atoms with van der Waals surface area (Å²) < 4.78 is 5.66. The third kappa shape index (κ3) is 6.22. The van der Waals surface area contributed by atoms with Gasteiger partial charge in [-0.2, -0.15) is 0 Å². The molecule has 2 aliphatic heterocycles. The molecule has 1 aromatic carbocycles. The minimum absolute atomic E-state index is 0.0684. The van der Waals surface area contributed by atoms with Gasteiger partial charge in [0.25, 0.3) is 5.91 Å². The first-order valence-electron chi connectivity index (χ1n) is 14.7. The smallest absolute Gasteiger partial charge is 0.251 e. The van der Waals surface area contributed by atoms with Crippen molar-refractivity contribution in [2.45, 2.75) is 71.4 Å². The number of nitrogens with one attached hydrogen (secondary N) is 2. The Morgan fingerprint density at radius 1 is 1.23 bits per heavy atom. The number of allylic oxidation sites excluding steroid dienone is 1. The van der Waals surface area contributed by atoms with Gasteiger partial charge in [0.1, 0.15) is 11.6 Å². The molecule has 0 aromatic heterocycles. The number of likely N-dealkylation sites (N-methyl/N-ethyl adjacent to an activating group) is 2. The molecule has 8 heteroatoms. The molecule has 3 fully saturated rings. The Balaban J connectivity index is 1.61. The summed E-state index contributed by atoms with van der Waals surface area (Å²) in [5.74, 6) is 1.92. The molecule has 40 heavy (non-hydrogen) atoms. The first-order chi connectivity index (χ1) is 19.1. The number of amidine groups is 1. The van der Waals surface area contributed by atoms with Gasteiger partial charge in [0.05, 0.1) is 24.5 Å². The van der Waals surface area contributed by atoms with Crippen LogP contribution in [0.1, 0.15) is 69.7 Å². The van der Waals surface area contributed by atoms with Crippen LogP contribution in [0, 0.1) is 5.41 Å². The van der Waals surface area contributed by atoms with Gasteiger partial charge < -0.3 is 30.1 Å². The third-order valence-electron chi connectivity index (χ3n) is 8.94. The molecular weight excluding hydrogens is 500 g/mol. The number of amides is 1. The summed E-state index contributed by atoms with van der Waals surface area (Å²) in [6.07, 6.45) is 9.24. The monoisotopic (exact) mass is 548 g/mol. The van der Waals surface area contributed by atoms with Gasteiger partial charge in [-0.25, -0.2) is 4.99 Å². The fraction of sp³-hybridized carbons (Fsp3) is 0.562. The van der Waals surface area contributed by atoms with Gasteiger partial charge in [-0.3, -0.25) is 4.79 Å². The quantitative estimate of drug-likeness (QED) is 0.451. The van der Waals surface area contributed by atoms with Crippen molar-refractivity contribution in [2.24, 2.45) is 10.4 Å². The first kappa shape index (κ1) is 29.7. The molecule has 2 N–H and O–H groups in total. The molecule has 1 aliphatic carbocycles. The van der Waals surface area contributed by atoms with Crippen molar-refractivity contribution in [2.75, 3.05) is 46.2 Å². The molecule has 218 valence electrons. The number of hydrogen-bond donors (Lipinski definition) is 2. The van der Waals surface area contributed by atoms with E-state index < -0.39 is 0 Å². The highest BCUT2D eigenvalue weighted by Crippen LogP contribution is 2.40. The topological polar surface area (TPSA) is 72.4 Å². The van der Waals surface area contributed by atoms with E-state index in [9.17, 15) is 4.79 Å². The Morgan fingerprint density at radius 2 is 1.93 bits per heavy atom. The van der Waals surface area contributed by atoms with E-state index >= 15 is 0 Å². The van der Waals surface area contributed by atoms with Crippen LogP contribution < -0.4 is 15.4 Å². The van der Waals surface area contributed by atoms with E-state index in [0.29, 0.717) is 28.9 Å². The minimum atomic E-state index is -0.0939. The number of likely N-dealkylation sites (tertiary alicyclic amines) is 1. The molecule has 4 rings (SSSR count). The lowest BCUT2D eigenvalue weighted by Gasteiger charge is -2.40. The molecule has 8 nitrogen and oxygen atoms in total. The second-order valence-corrected chi connectivity index (χ2v) is 11.8. The fourth-order valence-electron chi connectivity index (χ4n) is 6.15. The van der Waals surface area contributed by atoms with Crippen LogP contribution in [0.5, 0.6) is 5.75 Å². The predicted molar refractivity (Wildman–Crippen MR) is 165 cm³/mol. The highest BCUT2D eigenvalue weighted by Gasteiger charge is 2.40. The molecule has 1 unspecified atom stereocenters. The number of aliphatic imine (C=N–C) groups is 1. The van der Waals surface area contributed by atoms with Gasteiger partial charge in [-0.05, 0) is 51.4 Å². The molecule has 2 saturated heterocycles. The summed E-state index contributed by atoms with van der Waals surface area (Å²) >= 11 is 0. The number of hydrogen-bond acceptors (Lipinski definition) is 6. The summed E-state index contributed by atoms with van der Waals surface area (Å²) in [5, 5.41) is 6.43. The van der Waals surface area contributed by atoms with Gasteiger partial charge in [0.15, 0.2) is 5.84 Å². The zero-order valence-corrected chi connectivity index (χ0v) is 25.3. The average Bonchev–Trinajstić information content (AvgIpc) is 3.01. The fourth-order valence-corrected chi connectivity index (χ4v) is 6.15. The van der Waals surface area contributed by atoms with Crippen molar-refractivity contribution in [1.82, 2.24) is 20.0 Å². The van der Waals surface area contributed by atoms with Gasteiger partial charge in [-0.15, -0.1) is 0 Å². The highest BCUT2D eigenvalue weighted by atomic mass is 16.5. The highest BCUT2D eigenvalue weighted by molar-refractivity contribution is 5.99. The summed E-state index contributed by atoms with van der Waals surface area (Å²) in [6, 6.07) is 6.06. The lowest BCUT2D eigenvalue weighted by atomic mass is 9.82. The van der Waals surface area contributed by atoms with Gasteiger partial charge in [-0.1, -0.05) is 52.3 Å². The summed E-state index contributed by atoms with van der Waals surface area (Å²) in [4.78, 5) is 24.8. The largest absolute Gasteiger partial charge is 0.495 e. The summed E-state index contributed by atoms with van der Waals surface area (Å²) in [6.45, 7) is 18.0. The minimum Gasteiger partial charge on any atom is -0.495 e. The number of ether oxygens (including phenoxy) is 1. The lowest BCUT2D eigenvalue weighted by molar-refractivity contribution is 0.0857. The van der Waals surface area contributed by atoms with Crippen molar-refractivity contribution in [3.05, 3.63) is 60.2 Å². The van der Waals surface area contributed by atoms with Crippen molar-refractivity contribution in [1.29, 1.82) is 0 Å². The molecular formula is C32H48N6O2. The van der Waals surface area contributed by atoms with Gasteiger partial charge in [0.2, 0.25) is 0 Å². The number of rotatable bonds is 8. The number of carbonyl (C=O) groups is 1. The molecule has 3 aliphatic rings. The van der Waals surface area contributed by atoms with Crippen molar-refractivity contribution < 1.29 is 9.53 Å². The van der Waals surface area contributed by atoms with Crippen LogP contribution in [0.25, 0.3) is 0 Å². The van der Waals surface area contributed by atoms with E-state index in [0.717, 1.165) is 43.3 Å².